The summed E-state index contributed by atoms with van der Waals surface area (Å²) in [7, 11) is 3.02. The average molecular weight is 619 g/mol. The minimum atomic E-state index is -0.775. The van der Waals surface area contributed by atoms with E-state index < -0.39 is 23.4 Å². The molecule has 4 aromatic rings. The molecule has 0 bridgehead atoms. The normalized spacial score (nSPS) is 13.6. The fourth-order valence-corrected chi connectivity index (χ4v) is 4.76. The molecule has 1 fully saturated rings. The highest BCUT2D eigenvalue weighted by Gasteiger charge is 2.21. The summed E-state index contributed by atoms with van der Waals surface area (Å²) < 4.78 is 50.6. The molecule has 1 saturated heterocycles. The fraction of sp³-hybridized carbons (Fsp3) is 0.242. The van der Waals surface area contributed by atoms with Crippen LogP contribution in [0.4, 0.5) is 20.2 Å². The Morgan fingerprint density at radius 1 is 0.867 bits per heavy atom. The lowest BCUT2D eigenvalue weighted by molar-refractivity contribution is -0.118. The second-order valence-electron chi connectivity index (χ2n) is 10.2. The van der Waals surface area contributed by atoms with Gasteiger partial charge < -0.3 is 34.9 Å². The Labute approximate surface area is 258 Å². The molecule has 1 aromatic heterocycles. The number of aromatic nitrogens is 1. The van der Waals surface area contributed by atoms with Crippen LogP contribution in [-0.2, 0) is 14.3 Å². The molecule has 45 heavy (non-hydrogen) atoms. The summed E-state index contributed by atoms with van der Waals surface area (Å²) in [6.45, 7) is 1.84. The minimum absolute atomic E-state index is 0.0979. The van der Waals surface area contributed by atoms with Gasteiger partial charge in [0.05, 0.1) is 19.7 Å². The SMILES string of the molecule is COc1cc2nccc(Oc3ccc(NC(=O)/C(=C/NCC4CCOCC4)C(=O)Nc4ccc(F)cc4)cc3F)c2cc1OC. The number of halogens is 2. The summed E-state index contributed by atoms with van der Waals surface area (Å²) in [6, 6.07) is 14.0. The highest BCUT2D eigenvalue weighted by atomic mass is 19.1. The third-order valence-electron chi connectivity index (χ3n) is 7.20. The van der Waals surface area contributed by atoms with E-state index in [1.165, 1.54) is 63.0 Å². The number of methoxy groups -OCH3 is 2. The van der Waals surface area contributed by atoms with Crippen molar-refractivity contribution in [2.24, 2.45) is 5.92 Å². The zero-order valence-electron chi connectivity index (χ0n) is 24.7. The zero-order chi connectivity index (χ0) is 31.8. The Morgan fingerprint density at radius 2 is 1.53 bits per heavy atom. The van der Waals surface area contributed by atoms with E-state index >= 15 is 4.39 Å². The summed E-state index contributed by atoms with van der Waals surface area (Å²) in [5.41, 5.74) is 0.704. The molecule has 12 heteroatoms. The monoisotopic (exact) mass is 618 g/mol. The van der Waals surface area contributed by atoms with Crippen molar-refractivity contribution in [2.75, 3.05) is 44.6 Å². The maximum atomic E-state index is 15.3. The standard InChI is InChI=1S/C33H32F2N4O6/c1-42-30-16-24-27(17-31(30)43-2)37-12-9-28(24)45-29-8-7-23(15-26(29)35)39-33(41)25(19-36-18-20-10-13-44-14-11-20)32(40)38-22-5-3-21(34)4-6-22/h3-9,12,15-17,19-20,36H,10-11,13-14,18H2,1-2H3,(H,38,40)(H,39,41)/b25-19+. The van der Waals surface area contributed by atoms with Crippen LogP contribution < -0.4 is 30.2 Å². The summed E-state index contributed by atoms with van der Waals surface area (Å²) in [5, 5.41) is 8.79. The molecule has 0 unspecified atom stereocenters. The van der Waals surface area contributed by atoms with Crippen LogP contribution in [0.15, 0.2) is 78.6 Å². The van der Waals surface area contributed by atoms with Gasteiger partial charge in [0.2, 0.25) is 0 Å². The third kappa shape index (κ3) is 7.84. The summed E-state index contributed by atoms with van der Waals surface area (Å²) in [5.74, 6) is -1.23. The van der Waals surface area contributed by atoms with Crippen molar-refractivity contribution in [3.8, 4) is 23.0 Å². The predicted molar refractivity (Wildman–Crippen MR) is 165 cm³/mol. The third-order valence-corrected chi connectivity index (χ3v) is 7.20. The van der Waals surface area contributed by atoms with Gasteiger partial charge in [-0.1, -0.05) is 0 Å². The number of nitrogens with one attached hydrogen (secondary N) is 3. The first kappa shape index (κ1) is 31.2. The van der Waals surface area contributed by atoms with Crippen molar-refractivity contribution in [3.05, 3.63) is 90.3 Å². The molecular weight excluding hydrogens is 586 g/mol. The van der Waals surface area contributed by atoms with E-state index in [1.807, 2.05) is 0 Å². The molecule has 5 rings (SSSR count). The number of hydrogen-bond acceptors (Lipinski definition) is 8. The number of carbonyl (C=O) groups excluding carboxylic acids is 2. The van der Waals surface area contributed by atoms with Gasteiger partial charge in [-0.05, 0) is 67.3 Å². The van der Waals surface area contributed by atoms with Gasteiger partial charge in [-0.25, -0.2) is 8.78 Å². The van der Waals surface area contributed by atoms with E-state index in [0.29, 0.717) is 59.5 Å². The van der Waals surface area contributed by atoms with Gasteiger partial charge in [-0.2, -0.15) is 0 Å². The minimum Gasteiger partial charge on any atom is -0.493 e. The molecule has 234 valence electrons. The van der Waals surface area contributed by atoms with Gasteiger partial charge in [-0.15, -0.1) is 0 Å². The second kappa shape index (κ2) is 14.5. The average Bonchev–Trinajstić information content (AvgIpc) is 3.05. The number of rotatable bonds is 11. The number of hydrogen-bond donors (Lipinski definition) is 3. The largest absolute Gasteiger partial charge is 0.493 e. The highest BCUT2D eigenvalue weighted by Crippen LogP contribution is 2.37. The fourth-order valence-electron chi connectivity index (χ4n) is 4.76. The van der Waals surface area contributed by atoms with Crippen molar-refractivity contribution in [2.45, 2.75) is 12.8 Å². The smallest absolute Gasteiger partial charge is 0.262 e. The van der Waals surface area contributed by atoms with Crippen LogP contribution in [-0.4, -0.2) is 50.8 Å². The van der Waals surface area contributed by atoms with E-state index in [4.69, 9.17) is 18.9 Å². The molecule has 2 heterocycles. The number of carbonyl (C=O) groups is 2. The van der Waals surface area contributed by atoms with Crippen LogP contribution in [0.5, 0.6) is 23.0 Å². The first-order valence-corrected chi connectivity index (χ1v) is 14.2. The van der Waals surface area contributed by atoms with E-state index in [9.17, 15) is 14.0 Å². The quantitative estimate of drug-likeness (QED) is 0.110. The Kier molecular flexibility index (Phi) is 10.1. The summed E-state index contributed by atoms with van der Waals surface area (Å²) >= 11 is 0. The number of ether oxygens (including phenoxy) is 4. The first-order chi connectivity index (χ1) is 21.8. The van der Waals surface area contributed by atoms with Gasteiger partial charge in [0, 0.05) is 61.0 Å². The molecular formula is C33H32F2N4O6. The van der Waals surface area contributed by atoms with E-state index in [-0.39, 0.29) is 17.0 Å². The molecule has 2 amide bonds. The second-order valence-corrected chi connectivity index (χ2v) is 10.2. The van der Waals surface area contributed by atoms with Crippen LogP contribution in [0, 0.1) is 17.6 Å². The highest BCUT2D eigenvalue weighted by molar-refractivity contribution is 6.26. The Morgan fingerprint density at radius 3 is 2.22 bits per heavy atom. The van der Waals surface area contributed by atoms with Crippen molar-refractivity contribution in [1.82, 2.24) is 10.3 Å². The Hall–Kier alpha value is -5.23. The van der Waals surface area contributed by atoms with Crippen molar-refractivity contribution >= 4 is 34.1 Å². The number of benzene rings is 3. The van der Waals surface area contributed by atoms with Gasteiger partial charge >= 0.3 is 0 Å². The maximum absolute atomic E-state index is 15.3. The van der Waals surface area contributed by atoms with Crippen molar-refractivity contribution in [3.63, 3.8) is 0 Å². The van der Waals surface area contributed by atoms with E-state index in [2.05, 4.69) is 20.9 Å². The Bertz CT molecular complexity index is 1710. The van der Waals surface area contributed by atoms with Crippen LogP contribution >= 0.6 is 0 Å². The van der Waals surface area contributed by atoms with Crippen molar-refractivity contribution < 1.29 is 37.3 Å². The van der Waals surface area contributed by atoms with Crippen LogP contribution in [0.2, 0.25) is 0 Å². The lowest BCUT2D eigenvalue weighted by atomic mass is 10.0. The molecule has 0 spiro atoms. The van der Waals surface area contributed by atoms with Crippen LogP contribution in [0.25, 0.3) is 10.9 Å². The number of fused-ring (bicyclic) bond motifs is 1. The summed E-state index contributed by atoms with van der Waals surface area (Å²) in [4.78, 5) is 30.7. The van der Waals surface area contributed by atoms with Gasteiger partial charge in [-0.3, -0.25) is 14.6 Å². The van der Waals surface area contributed by atoms with Crippen molar-refractivity contribution in [1.29, 1.82) is 0 Å². The first-order valence-electron chi connectivity index (χ1n) is 14.2. The van der Waals surface area contributed by atoms with Crippen LogP contribution in [0.1, 0.15) is 12.8 Å². The molecule has 3 aromatic carbocycles. The number of pyridine rings is 1. The number of nitrogens with zero attached hydrogens (tertiary/aromatic N) is 1. The molecule has 0 atom stereocenters. The lowest BCUT2D eigenvalue weighted by Crippen LogP contribution is -2.29. The Balaban J connectivity index is 1.32. The molecule has 10 nitrogen and oxygen atoms in total. The zero-order valence-corrected chi connectivity index (χ0v) is 24.7. The van der Waals surface area contributed by atoms with Crippen LogP contribution in [0.3, 0.4) is 0 Å². The van der Waals surface area contributed by atoms with Gasteiger partial charge in [0.1, 0.15) is 17.1 Å². The maximum Gasteiger partial charge on any atom is 0.262 e. The predicted octanol–water partition coefficient (Wildman–Crippen LogP) is 5.80. The van der Waals surface area contributed by atoms with E-state index in [1.54, 1.807) is 18.2 Å². The molecule has 0 saturated carbocycles. The molecule has 1 aliphatic heterocycles. The van der Waals surface area contributed by atoms with Gasteiger partial charge in [0.15, 0.2) is 23.1 Å². The summed E-state index contributed by atoms with van der Waals surface area (Å²) in [6.07, 6.45) is 4.57. The number of amides is 2. The number of anilines is 2. The van der Waals surface area contributed by atoms with Gasteiger partial charge in [0.25, 0.3) is 11.8 Å². The molecule has 1 aliphatic rings. The topological polar surface area (TPSA) is 120 Å². The molecule has 0 radical (unpaired) electrons. The van der Waals surface area contributed by atoms with E-state index in [0.717, 1.165) is 18.9 Å². The molecule has 3 N–H and O–H groups in total. The lowest BCUT2D eigenvalue weighted by Gasteiger charge is -2.22. The molecule has 0 aliphatic carbocycles.